The van der Waals surface area contributed by atoms with Crippen molar-refractivity contribution < 1.29 is 35.2 Å². The van der Waals surface area contributed by atoms with Gasteiger partial charge in [0.1, 0.15) is 0 Å². The molecule has 7 nitrogen and oxygen atoms in total. The van der Waals surface area contributed by atoms with E-state index < -0.39 is 23.7 Å². The molecule has 2 aromatic carbocycles. The molecule has 0 fully saturated rings. The van der Waals surface area contributed by atoms with Crippen molar-refractivity contribution in [2.75, 3.05) is 0 Å². The van der Waals surface area contributed by atoms with Gasteiger partial charge in [-0.2, -0.15) is 0 Å². The number of carboxylic acids is 1. The predicted molar refractivity (Wildman–Crippen MR) is 98.9 cm³/mol. The largest absolute Gasteiger partial charge is 0.478 e. The zero-order valence-electron chi connectivity index (χ0n) is 15.1. The summed E-state index contributed by atoms with van der Waals surface area (Å²) in [5, 5.41) is 9.47. The number of ether oxygens (including phenoxy) is 1. The lowest BCUT2D eigenvalue weighted by Crippen LogP contribution is -2.16. The van der Waals surface area contributed by atoms with Gasteiger partial charge in [0.2, 0.25) is 0 Å². The van der Waals surface area contributed by atoms with Gasteiger partial charge in [0, 0.05) is 24.0 Å². The van der Waals surface area contributed by atoms with E-state index in [9.17, 15) is 29.1 Å². The topological polar surface area (TPSA) is 115 Å². The molecule has 0 saturated carbocycles. The number of hydrogen-bond donors (Lipinski definition) is 1. The average molecular weight is 382 g/mol. The second-order valence-corrected chi connectivity index (χ2v) is 6.51. The fraction of sp³-hybridized carbons (Fsp3) is 0.190. The van der Waals surface area contributed by atoms with E-state index in [-0.39, 0.29) is 46.5 Å². The Morgan fingerprint density at radius 1 is 0.964 bits per heavy atom. The van der Waals surface area contributed by atoms with Crippen LogP contribution >= 0.6 is 0 Å². The van der Waals surface area contributed by atoms with Gasteiger partial charge in [-0.15, -0.1) is 0 Å². The highest BCUT2D eigenvalue weighted by Crippen LogP contribution is 2.24. The summed E-state index contributed by atoms with van der Waals surface area (Å²) in [6.45, 7) is 3.53. The SMILES string of the molecule is CCC(C)C(=O)c1ccc(C(=O)c2ccc3c(c2)C(=O)OC3=O)cc1C(=O)O.[HH]. The average Bonchev–Trinajstić information content (AvgIpc) is 2.98. The van der Waals surface area contributed by atoms with Gasteiger partial charge in [0.25, 0.3) is 0 Å². The highest BCUT2D eigenvalue weighted by atomic mass is 16.6. The van der Waals surface area contributed by atoms with Gasteiger partial charge >= 0.3 is 17.9 Å². The molecule has 1 atom stereocenters. The number of carbonyl (C=O) groups excluding carboxylic acids is 4. The van der Waals surface area contributed by atoms with Crippen molar-refractivity contribution in [3.63, 3.8) is 0 Å². The molecule has 1 aliphatic heterocycles. The number of Topliss-reactive ketones (excluding diaryl/α,β-unsaturated/α-hetero) is 1. The summed E-state index contributed by atoms with van der Waals surface area (Å²) >= 11 is 0. The molecular formula is C21H18O7. The summed E-state index contributed by atoms with van der Waals surface area (Å²) < 4.78 is 4.49. The molecule has 1 N–H and O–H groups in total. The second-order valence-electron chi connectivity index (χ2n) is 6.51. The Kier molecular flexibility index (Phi) is 4.92. The van der Waals surface area contributed by atoms with Gasteiger partial charge in [-0.25, -0.2) is 14.4 Å². The second kappa shape index (κ2) is 7.19. The fourth-order valence-corrected chi connectivity index (χ4v) is 2.92. The number of cyclic esters (lactones) is 2. The van der Waals surface area contributed by atoms with Crippen LogP contribution in [0.3, 0.4) is 0 Å². The molecule has 0 aliphatic carbocycles. The molecule has 1 aliphatic rings. The van der Waals surface area contributed by atoms with Crippen molar-refractivity contribution in [3.05, 3.63) is 69.8 Å². The highest BCUT2D eigenvalue weighted by Gasteiger charge is 2.30. The van der Waals surface area contributed by atoms with Crippen LogP contribution in [0.25, 0.3) is 0 Å². The maximum atomic E-state index is 12.8. The van der Waals surface area contributed by atoms with E-state index in [1.807, 2.05) is 6.92 Å². The lowest BCUT2D eigenvalue weighted by atomic mass is 9.90. The first kappa shape index (κ1) is 19.2. The monoisotopic (exact) mass is 382 g/mol. The van der Waals surface area contributed by atoms with Crippen molar-refractivity contribution in [1.29, 1.82) is 0 Å². The van der Waals surface area contributed by atoms with Crippen LogP contribution in [0.4, 0.5) is 0 Å². The molecule has 28 heavy (non-hydrogen) atoms. The van der Waals surface area contributed by atoms with Gasteiger partial charge < -0.3 is 9.84 Å². The Balaban J connectivity index is 0.00000300. The Morgan fingerprint density at radius 3 is 2.21 bits per heavy atom. The molecular weight excluding hydrogens is 364 g/mol. The number of carbonyl (C=O) groups is 5. The van der Waals surface area contributed by atoms with Crippen LogP contribution in [0.2, 0.25) is 0 Å². The molecule has 7 heteroatoms. The normalized spacial score (nSPS) is 13.6. The standard InChI is InChI=1S/C21H16O7.H2/c1-3-10(2)17(22)13-6-4-11(8-15(13)19(24)25)18(23)12-5-7-14-16(9-12)21(27)28-20(14)26;/h4-10H,3H2,1-2H3,(H,24,25);1H. The van der Waals surface area contributed by atoms with Crippen molar-refractivity contribution >= 4 is 29.5 Å². The Bertz CT molecular complexity index is 1050. The molecule has 0 saturated heterocycles. The van der Waals surface area contributed by atoms with Gasteiger partial charge in [-0.1, -0.05) is 26.0 Å². The molecule has 0 spiro atoms. The first-order valence-corrected chi connectivity index (χ1v) is 8.61. The van der Waals surface area contributed by atoms with Gasteiger partial charge in [0.05, 0.1) is 16.7 Å². The van der Waals surface area contributed by atoms with Crippen molar-refractivity contribution in [2.45, 2.75) is 20.3 Å². The number of carboxylic acid groups (broad SMARTS) is 1. The maximum Gasteiger partial charge on any atom is 0.346 e. The number of benzene rings is 2. The minimum atomic E-state index is -1.32. The zero-order chi connectivity index (χ0) is 20.6. The third-order valence-corrected chi connectivity index (χ3v) is 4.74. The maximum absolute atomic E-state index is 12.8. The van der Waals surface area contributed by atoms with E-state index in [1.165, 1.54) is 30.3 Å². The van der Waals surface area contributed by atoms with Crippen LogP contribution < -0.4 is 0 Å². The van der Waals surface area contributed by atoms with Crippen molar-refractivity contribution in [2.24, 2.45) is 5.92 Å². The van der Waals surface area contributed by atoms with Crippen LogP contribution in [-0.4, -0.2) is 34.6 Å². The van der Waals surface area contributed by atoms with Crippen LogP contribution in [0.1, 0.15) is 79.0 Å². The summed E-state index contributed by atoms with van der Waals surface area (Å²) in [5.74, 6) is -4.13. The molecule has 2 aromatic rings. The summed E-state index contributed by atoms with van der Waals surface area (Å²) in [7, 11) is 0. The Hall–Kier alpha value is -3.61. The van der Waals surface area contributed by atoms with E-state index in [0.717, 1.165) is 6.07 Å². The van der Waals surface area contributed by atoms with Crippen LogP contribution in [0, 0.1) is 5.92 Å². The van der Waals surface area contributed by atoms with Gasteiger partial charge in [0.15, 0.2) is 11.6 Å². The number of rotatable bonds is 6. The van der Waals surface area contributed by atoms with E-state index >= 15 is 0 Å². The van der Waals surface area contributed by atoms with Crippen LogP contribution in [0.5, 0.6) is 0 Å². The lowest BCUT2D eigenvalue weighted by molar-refractivity contribution is 0.0442. The summed E-state index contributed by atoms with van der Waals surface area (Å²) in [6.07, 6.45) is 0.558. The summed E-state index contributed by atoms with van der Waals surface area (Å²) in [4.78, 5) is 60.0. The molecule has 1 unspecified atom stereocenters. The molecule has 0 aromatic heterocycles. The molecule has 1 heterocycles. The smallest absolute Gasteiger partial charge is 0.346 e. The molecule has 0 amide bonds. The third kappa shape index (κ3) is 3.22. The number of aromatic carboxylic acids is 1. The number of hydrogen-bond acceptors (Lipinski definition) is 6. The first-order valence-electron chi connectivity index (χ1n) is 8.61. The van der Waals surface area contributed by atoms with Crippen LogP contribution in [0.15, 0.2) is 36.4 Å². The molecule has 0 bridgehead atoms. The molecule has 144 valence electrons. The Morgan fingerprint density at radius 2 is 1.57 bits per heavy atom. The van der Waals surface area contributed by atoms with Gasteiger partial charge in [-0.3, -0.25) is 9.59 Å². The number of esters is 2. The van der Waals surface area contributed by atoms with E-state index in [0.29, 0.717) is 6.42 Å². The first-order chi connectivity index (χ1) is 13.2. The number of fused-ring (bicyclic) bond motifs is 1. The lowest BCUT2D eigenvalue weighted by Gasteiger charge is -2.11. The number of ketones is 2. The third-order valence-electron chi connectivity index (χ3n) is 4.74. The fourth-order valence-electron chi connectivity index (χ4n) is 2.92. The molecule has 3 rings (SSSR count). The summed E-state index contributed by atoms with van der Waals surface area (Å²) in [6, 6.07) is 7.77. The van der Waals surface area contributed by atoms with Gasteiger partial charge in [-0.05, 0) is 30.7 Å². The van der Waals surface area contributed by atoms with Crippen molar-refractivity contribution in [3.8, 4) is 0 Å². The van der Waals surface area contributed by atoms with Crippen molar-refractivity contribution in [1.82, 2.24) is 0 Å². The van der Waals surface area contributed by atoms with E-state index in [4.69, 9.17) is 0 Å². The molecule has 0 radical (unpaired) electrons. The van der Waals surface area contributed by atoms with E-state index in [2.05, 4.69) is 4.74 Å². The zero-order valence-corrected chi connectivity index (χ0v) is 15.1. The minimum absolute atomic E-state index is 0. The minimum Gasteiger partial charge on any atom is -0.478 e. The summed E-state index contributed by atoms with van der Waals surface area (Å²) in [5.41, 5.74) is -0.00735. The van der Waals surface area contributed by atoms with Crippen LogP contribution in [-0.2, 0) is 4.74 Å². The van der Waals surface area contributed by atoms with E-state index in [1.54, 1.807) is 6.92 Å². The quantitative estimate of drug-likeness (QED) is 0.462. The Labute approximate surface area is 161 Å². The highest BCUT2D eigenvalue weighted by molar-refractivity contribution is 6.17. The predicted octanol–water partition coefficient (Wildman–Crippen LogP) is 3.40.